The summed E-state index contributed by atoms with van der Waals surface area (Å²) in [5, 5.41) is 3.55. The lowest BCUT2D eigenvalue weighted by atomic mass is 9.91. The maximum Gasteiger partial charge on any atom is 0.123 e. The van der Waals surface area contributed by atoms with E-state index in [0.29, 0.717) is 11.8 Å². The molecule has 0 bridgehead atoms. The molecule has 0 radical (unpaired) electrons. The topological polar surface area (TPSA) is 12.0 Å². The summed E-state index contributed by atoms with van der Waals surface area (Å²) in [5.74, 6) is 1.88. The Balaban J connectivity index is 2.52. The van der Waals surface area contributed by atoms with E-state index < -0.39 is 0 Å². The third-order valence-corrected chi connectivity index (χ3v) is 3.55. The van der Waals surface area contributed by atoms with E-state index in [2.05, 4.69) is 33.0 Å². The Morgan fingerprint density at radius 1 is 1.00 bits per heavy atom. The van der Waals surface area contributed by atoms with Crippen LogP contribution in [0.2, 0.25) is 0 Å². The summed E-state index contributed by atoms with van der Waals surface area (Å²) < 4.78 is 13.3. The number of hydrogen-bond acceptors (Lipinski definition) is 1. The van der Waals surface area contributed by atoms with Crippen LogP contribution in [0.5, 0.6) is 0 Å². The quantitative estimate of drug-likeness (QED) is 0.693. The van der Waals surface area contributed by atoms with Gasteiger partial charge < -0.3 is 5.32 Å². The summed E-state index contributed by atoms with van der Waals surface area (Å²) in [7, 11) is 0. The lowest BCUT2D eigenvalue weighted by Crippen LogP contribution is -2.27. The monoisotopic (exact) mass is 279 g/mol. The van der Waals surface area contributed by atoms with Gasteiger partial charge in [-0.3, -0.25) is 0 Å². The minimum absolute atomic E-state index is 0.125. The Labute approximate surface area is 124 Å². The van der Waals surface area contributed by atoms with Gasteiger partial charge in [0.15, 0.2) is 0 Å². The number of halogens is 1. The van der Waals surface area contributed by atoms with Crippen molar-refractivity contribution in [1.82, 2.24) is 5.32 Å². The first-order valence-corrected chi connectivity index (χ1v) is 7.92. The van der Waals surface area contributed by atoms with Crippen LogP contribution in [0.25, 0.3) is 0 Å². The predicted molar refractivity (Wildman–Crippen MR) is 85.4 cm³/mol. The van der Waals surface area contributed by atoms with Crippen molar-refractivity contribution in [2.24, 2.45) is 17.8 Å². The fourth-order valence-corrected chi connectivity index (χ4v) is 2.42. The molecule has 0 aliphatic carbocycles. The van der Waals surface area contributed by atoms with E-state index in [1.165, 1.54) is 18.9 Å². The van der Waals surface area contributed by atoms with Crippen LogP contribution in [0.1, 0.15) is 46.1 Å². The number of benzene rings is 1. The smallest absolute Gasteiger partial charge is 0.123 e. The van der Waals surface area contributed by atoms with Crippen molar-refractivity contribution in [3.63, 3.8) is 0 Å². The molecule has 1 atom stereocenters. The van der Waals surface area contributed by atoms with Crippen molar-refractivity contribution in [2.45, 2.75) is 47.0 Å². The molecule has 0 amide bonds. The third kappa shape index (κ3) is 7.64. The first-order chi connectivity index (χ1) is 9.47. The predicted octanol–water partition coefficient (Wildman–Crippen LogP) is 4.67. The molecule has 0 aliphatic rings. The van der Waals surface area contributed by atoms with Gasteiger partial charge in [0, 0.05) is 0 Å². The van der Waals surface area contributed by atoms with Crippen molar-refractivity contribution in [1.29, 1.82) is 0 Å². The summed E-state index contributed by atoms with van der Waals surface area (Å²) >= 11 is 0. The Hall–Kier alpha value is -0.890. The van der Waals surface area contributed by atoms with Gasteiger partial charge in [-0.1, -0.05) is 46.2 Å². The highest BCUT2D eigenvalue weighted by atomic mass is 19.1. The second-order valence-electron chi connectivity index (χ2n) is 6.72. The summed E-state index contributed by atoms with van der Waals surface area (Å²) in [6.07, 6.45) is 3.41. The molecule has 1 nitrogen and oxygen atoms in total. The van der Waals surface area contributed by atoms with Crippen LogP contribution in [0, 0.1) is 23.6 Å². The normalized spacial score (nSPS) is 13.2. The molecule has 1 unspecified atom stereocenters. The highest BCUT2D eigenvalue weighted by Crippen LogP contribution is 2.17. The Morgan fingerprint density at radius 3 is 2.35 bits per heavy atom. The maximum absolute atomic E-state index is 13.3. The Bertz CT molecular complexity index is 373. The summed E-state index contributed by atoms with van der Waals surface area (Å²) in [5.41, 5.74) is 1.12. The van der Waals surface area contributed by atoms with Crippen molar-refractivity contribution >= 4 is 0 Å². The van der Waals surface area contributed by atoms with Crippen LogP contribution in [0.15, 0.2) is 24.3 Å². The zero-order valence-electron chi connectivity index (χ0n) is 13.5. The van der Waals surface area contributed by atoms with Gasteiger partial charge in [-0.2, -0.15) is 0 Å². The van der Waals surface area contributed by atoms with Crippen LogP contribution in [0.3, 0.4) is 0 Å². The Morgan fingerprint density at radius 2 is 1.75 bits per heavy atom. The Kier molecular flexibility index (Phi) is 7.83. The minimum Gasteiger partial charge on any atom is -0.316 e. The summed E-state index contributed by atoms with van der Waals surface area (Å²) in [6, 6.07) is 7.04. The van der Waals surface area contributed by atoms with E-state index in [1.807, 2.05) is 12.1 Å². The number of rotatable bonds is 9. The molecule has 0 aromatic heterocycles. The zero-order valence-corrected chi connectivity index (χ0v) is 13.5. The van der Waals surface area contributed by atoms with E-state index in [4.69, 9.17) is 0 Å². The average Bonchev–Trinajstić information content (AvgIpc) is 2.35. The highest BCUT2D eigenvalue weighted by Gasteiger charge is 2.11. The van der Waals surface area contributed by atoms with Gasteiger partial charge in [-0.05, 0) is 61.4 Å². The van der Waals surface area contributed by atoms with E-state index in [0.717, 1.165) is 31.0 Å². The zero-order chi connectivity index (χ0) is 15.0. The van der Waals surface area contributed by atoms with Crippen molar-refractivity contribution in [3.8, 4) is 0 Å². The molecule has 0 heterocycles. The first kappa shape index (κ1) is 17.2. The second-order valence-corrected chi connectivity index (χ2v) is 6.72. The van der Waals surface area contributed by atoms with Gasteiger partial charge in [-0.15, -0.1) is 0 Å². The summed E-state index contributed by atoms with van der Waals surface area (Å²) in [4.78, 5) is 0. The SMILES string of the molecule is CC(C)CCC(CNCC(C)C)Cc1cccc(F)c1. The lowest BCUT2D eigenvalue weighted by Gasteiger charge is -2.19. The van der Waals surface area contributed by atoms with E-state index >= 15 is 0 Å². The van der Waals surface area contributed by atoms with Gasteiger partial charge in [-0.25, -0.2) is 4.39 Å². The van der Waals surface area contributed by atoms with Crippen LogP contribution < -0.4 is 5.32 Å². The standard InChI is InChI=1S/C18H30FN/c1-14(2)8-9-17(13-20-12-15(3)4)10-16-6-5-7-18(19)11-16/h5-7,11,14-15,17,20H,8-10,12-13H2,1-4H3. The number of hydrogen-bond donors (Lipinski definition) is 1. The summed E-state index contributed by atoms with van der Waals surface area (Å²) in [6.45, 7) is 11.1. The molecule has 1 rings (SSSR count). The molecule has 1 aromatic rings. The van der Waals surface area contributed by atoms with Gasteiger partial charge in [0.2, 0.25) is 0 Å². The molecular formula is C18H30FN. The third-order valence-electron chi connectivity index (χ3n) is 3.55. The van der Waals surface area contributed by atoms with E-state index in [-0.39, 0.29) is 5.82 Å². The molecule has 0 fully saturated rings. The molecule has 114 valence electrons. The molecular weight excluding hydrogens is 249 g/mol. The van der Waals surface area contributed by atoms with Crippen LogP contribution in [-0.4, -0.2) is 13.1 Å². The molecule has 1 aromatic carbocycles. The number of nitrogens with one attached hydrogen (secondary N) is 1. The van der Waals surface area contributed by atoms with Crippen molar-refractivity contribution in [3.05, 3.63) is 35.6 Å². The molecule has 2 heteroatoms. The van der Waals surface area contributed by atoms with Crippen molar-refractivity contribution in [2.75, 3.05) is 13.1 Å². The van der Waals surface area contributed by atoms with E-state index in [1.54, 1.807) is 6.07 Å². The average molecular weight is 279 g/mol. The van der Waals surface area contributed by atoms with Crippen LogP contribution in [-0.2, 0) is 6.42 Å². The lowest BCUT2D eigenvalue weighted by molar-refractivity contribution is 0.388. The molecule has 0 spiro atoms. The minimum atomic E-state index is -0.125. The largest absolute Gasteiger partial charge is 0.316 e. The molecule has 0 aliphatic heterocycles. The van der Waals surface area contributed by atoms with Crippen LogP contribution in [0.4, 0.5) is 4.39 Å². The van der Waals surface area contributed by atoms with Gasteiger partial charge in [0.05, 0.1) is 0 Å². The first-order valence-electron chi connectivity index (χ1n) is 7.92. The molecule has 1 N–H and O–H groups in total. The van der Waals surface area contributed by atoms with Crippen molar-refractivity contribution < 1.29 is 4.39 Å². The molecule has 0 saturated carbocycles. The second kappa shape index (κ2) is 9.12. The van der Waals surface area contributed by atoms with Gasteiger partial charge >= 0.3 is 0 Å². The molecule has 0 saturated heterocycles. The van der Waals surface area contributed by atoms with Crippen LogP contribution >= 0.6 is 0 Å². The highest BCUT2D eigenvalue weighted by molar-refractivity contribution is 5.16. The van der Waals surface area contributed by atoms with Gasteiger partial charge in [0.1, 0.15) is 5.82 Å². The van der Waals surface area contributed by atoms with Gasteiger partial charge in [0.25, 0.3) is 0 Å². The van der Waals surface area contributed by atoms with E-state index in [9.17, 15) is 4.39 Å². The molecule has 20 heavy (non-hydrogen) atoms. The fraction of sp³-hybridized carbons (Fsp3) is 0.667. The maximum atomic E-state index is 13.3. The fourth-order valence-electron chi connectivity index (χ4n) is 2.42.